The molecule has 2 aromatic heterocycles. The van der Waals surface area contributed by atoms with Crippen molar-refractivity contribution in [2.45, 2.75) is 30.2 Å². The van der Waals surface area contributed by atoms with Gasteiger partial charge in [-0.25, -0.2) is 13.4 Å². The Kier molecular flexibility index (Phi) is 5.65. The molecule has 8 nitrogen and oxygen atoms in total. The molecule has 4 rings (SSSR count). The number of aromatic amines is 1. The van der Waals surface area contributed by atoms with Gasteiger partial charge in [0.25, 0.3) is 0 Å². The minimum absolute atomic E-state index is 0.00809. The summed E-state index contributed by atoms with van der Waals surface area (Å²) in [6.45, 7) is 1.16. The number of benzene rings is 1. The Bertz CT molecular complexity index is 1280. The van der Waals surface area contributed by atoms with Crippen LogP contribution in [-0.2, 0) is 14.6 Å². The van der Waals surface area contributed by atoms with Crippen molar-refractivity contribution in [3.05, 3.63) is 42.7 Å². The number of nitrogens with zero attached hydrogens (tertiary/aromatic N) is 3. The van der Waals surface area contributed by atoms with Crippen LogP contribution < -0.4 is 5.32 Å². The number of carbonyl (C=O) groups excluding carboxylic acids is 1. The number of aromatic nitrogens is 2. The molecule has 2 N–H and O–H groups in total. The molecule has 1 aromatic carbocycles. The third-order valence-corrected chi connectivity index (χ3v) is 6.62. The number of H-pyrrole nitrogens is 1. The number of fused-ring (bicyclic) bond motifs is 1. The first kappa shape index (κ1) is 20.9. The minimum Gasteiger partial charge on any atom is -0.379 e. The summed E-state index contributed by atoms with van der Waals surface area (Å²) in [7, 11) is -3.34. The van der Waals surface area contributed by atoms with Gasteiger partial charge < -0.3 is 15.2 Å². The highest BCUT2D eigenvalue weighted by Gasteiger charge is 2.25. The SMILES string of the molecule is CS(=O)(=O)c1cccc(-c2cnc3[nH]ccc3c2N[C@@H]2CCCN(C(=O)CC#N)C2)c1. The van der Waals surface area contributed by atoms with Crippen molar-refractivity contribution >= 4 is 32.5 Å². The monoisotopic (exact) mass is 437 g/mol. The number of rotatable bonds is 5. The normalized spacial score (nSPS) is 16.8. The lowest BCUT2D eigenvalue weighted by Gasteiger charge is -2.34. The summed E-state index contributed by atoms with van der Waals surface area (Å²) in [5, 5.41) is 13.3. The average Bonchev–Trinajstić information content (AvgIpc) is 3.23. The molecule has 0 radical (unpaired) electrons. The van der Waals surface area contributed by atoms with E-state index < -0.39 is 9.84 Å². The lowest BCUT2D eigenvalue weighted by molar-refractivity contribution is -0.131. The lowest BCUT2D eigenvalue weighted by atomic mass is 10.0. The predicted molar refractivity (Wildman–Crippen MR) is 118 cm³/mol. The Hall–Kier alpha value is -3.38. The number of sulfone groups is 1. The molecule has 3 aromatic rings. The Morgan fingerprint density at radius 3 is 3.00 bits per heavy atom. The summed E-state index contributed by atoms with van der Waals surface area (Å²) >= 11 is 0. The molecule has 0 unspecified atom stereocenters. The standard InChI is InChI=1S/C22H23N5O3S/c1-31(29,30)17-6-2-4-15(12-17)19-13-25-22-18(8-10-24-22)21(19)26-16-5-3-11-27(14-16)20(28)7-9-23/h2,4,6,8,10,12-13,16H,3,5,7,11,14H2,1H3,(H2,24,25,26)/t16-/m1/s1. The molecule has 160 valence electrons. The van der Waals surface area contributed by atoms with E-state index in [4.69, 9.17) is 5.26 Å². The maximum atomic E-state index is 12.2. The van der Waals surface area contributed by atoms with Crippen LogP contribution in [0.5, 0.6) is 0 Å². The zero-order valence-electron chi connectivity index (χ0n) is 17.1. The van der Waals surface area contributed by atoms with Crippen molar-refractivity contribution < 1.29 is 13.2 Å². The summed E-state index contributed by atoms with van der Waals surface area (Å²) in [5.41, 5.74) is 3.10. The van der Waals surface area contributed by atoms with Crippen molar-refractivity contribution in [3.63, 3.8) is 0 Å². The van der Waals surface area contributed by atoms with Crippen LogP contribution in [0.1, 0.15) is 19.3 Å². The van der Waals surface area contributed by atoms with E-state index in [2.05, 4.69) is 15.3 Å². The minimum atomic E-state index is -3.34. The number of likely N-dealkylation sites (tertiary alicyclic amines) is 1. The molecular formula is C22H23N5O3S. The highest BCUT2D eigenvalue weighted by Crippen LogP contribution is 2.35. The fourth-order valence-electron chi connectivity index (χ4n) is 3.98. The predicted octanol–water partition coefficient (Wildman–Crippen LogP) is 2.95. The van der Waals surface area contributed by atoms with Gasteiger partial charge in [0.1, 0.15) is 12.1 Å². The zero-order valence-corrected chi connectivity index (χ0v) is 17.9. The summed E-state index contributed by atoms with van der Waals surface area (Å²) in [6.07, 6.45) is 6.33. The molecule has 0 bridgehead atoms. The van der Waals surface area contributed by atoms with Crippen LogP contribution in [0.4, 0.5) is 5.69 Å². The largest absolute Gasteiger partial charge is 0.379 e. The molecule has 1 amide bonds. The van der Waals surface area contributed by atoms with Crippen molar-refractivity contribution in [3.8, 4) is 17.2 Å². The third-order valence-electron chi connectivity index (χ3n) is 5.51. The van der Waals surface area contributed by atoms with Crippen molar-refractivity contribution in [1.29, 1.82) is 5.26 Å². The maximum absolute atomic E-state index is 12.2. The van der Waals surface area contributed by atoms with Gasteiger partial charge in [0, 0.05) is 48.7 Å². The molecule has 1 aliphatic rings. The van der Waals surface area contributed by atoms with Crippen molar-refractivity contribution in [1.82, 2.24) is 14.9 Å². The van der Waals surface area contributed by atoms with Gasteiger partial charge in [-0.05, 0) is 36.6 Å². The first-order chi connectivity index (χ1) is 14.9. The highest BCUT2D eigenvalue weighted by molar-refractivity contribution is 7.90. The van der Waals surface area contributed by atoms with Gasteiger partial charge in [-0.15, -0.1) is 0 Å². The Morgan fingerprint density at radius 1 is 1.39 bits per heavy atom. The second kappa shape index (κ2) is 8.40. The van der Waals surface area contributed by atoms with E-state index >= 15 is 0 Å². The van der Waals surface area contributed by atoms with Crippen molar-refractivity contribution in [2.24, 2.45) is 0 Å². The summed E-state index contributed by atoms with van der Waals surface area (Å²) in [4.78, 5) is 21.8. The fourth-order valence-corrected chi connectivity index (χ4v) is 4.65. The Labute approximate surface area is 180 Å². The number of amides is 1. The van der Waals surface area contributed by atoms with Gasteiger partial charge >= 0.3 is 0 Å². The van der Waals surface area contributed by atoms with E-state index in [1.807, 2.05) is 24.4 Å². The molecule has 1 atom stereocenters. The number of piperidine rings is 1. The van der Waals surface area contributed by atoms with E-state index in [-0.39, 0.29) is 23.3 Å². The van der Waals surface area contributed by atoms with Crippen LogP contribution in [0.2, 0.25) is 0 Å². The molecule has 1 fully saturated rings. The fraction of sp³-hybridized carbons (Fsp3) is 0.318. The number of pyridine rings is 1. The Morgan fingerprint density at radius 2 is 2.23 bits per heavy atom. The number of carbonyl (C=O) groups is 1. The summed E-state index contributed by atoms with van der Waals surface area (Å²) in [6, 6.07) is 10.7. The van der Waals surface area contributed by atoms with E-state index in [0.717, 1.165) is 40.7 Å². The maximum Gasteiger partial charge on any atom is 0.236 e. The second-order valence-corrected chi connectivity index (χ2v) is 9.76. The van der Waals surface area contributed by atoms with Crippen LogP contribution in [-0.4, -0.2) is 54.6 Å². The lowest BCUT2D eigenvalue weighted by Crippen LogP contribution is -2.45. The number of hydrogen-bond donors (Lipinski definition) is 2. The van der Waals surface area contributed by atoms with Gasteiger partial charge in [0.2, 0.25) is 5.91 Å². The summed E-state index contributed by atoms with van der Waals surface area (Å²) in [5.74, 6) is -0.156. The first-order valence-corrected chi connectivity index (χ1v) is 11.9. The molecular weight excluding hydrogens is 414 g/mol. The molecule has 0 aliphatic carbocycles. The van der Waals surface area contributed by atoms with Crippen molar-refractivity contribution in [2.75, 3.05) is 24.7 Å². The number of hydrogen-bond acceptors (Lipinski definition) is 6. The molecule has 31 heavy (non-hydrogen) atoms. The van der Waals surface area contributed by atoms with Gasteiger partial charge in [-0.3, -0.25) is 4.79 Å². The third kappa shape index (κ3) is 4.39. The molecule has 0 saturated carbocycles. The smallest absolute Gasteiger partial charge is 0.236 e. The van der Waals surface area contributed by atoms with Crippen LogP contribution in [0, 0.1) is 11.3 Å². The number of anilines is 1. The van der Waals surface area contributed by atoms with Crippen LogP contribution in [0.15, 0.2) is 47.6 Å². The number of nitrogens with one attached hydrogen (secondary N) is 2. The van der Waals surface area contributed by atoms with E-state index in [1.165, 1.54) is 6.26 Å². The Balaban J connectivity index is 1.72. The molecule has 1 saturated heterocycles. The van der Waals surface area contributed by atoms with E-state index in [1.54, 1.807) is 29.3 Å². The van der Waals surface area contributed by atoms with E-state index in [9.17, 15) is 13.2 Å². The van der Waals surface area contributed by atoms with Gasteiger partial charge in [-0.2, -0.15) is 5.26 Å². The van der Waals surface area contributed by atoms with Gasteiger partial charge in [-0.1, -0.05) is 12.1 Å². The zero-order chi connectivity index (χ0) is 22.0. The van der Waals surface area contributed by atoms with Crippen LogP contribution in [0.25, 0.3) is 22.2 Å². The van der Waals surface area contributed by atoms with Crippen LogP contribution >= 0.6 is 0 Å². The second-order valence-electron chi connectivity index (χ2n) is 7.74. The molecule has 1 aliphatic heterocycles. The molecule has 3 heterocycles. The van der Waals surface area contributed by atoms with E-state index in [0.29, 0.717) is 13.1 Å². The summed E-state index contributed by atoms with van der Waals surface area (Å²) < 4.78 is 24.1. The molecule has 9 heteroatoms. The topological polar surface area (TPSA) is 119 Å². The highest BCUT2D eigenvalue weighted by atomic mass is 32.2. The quantitative estimate of drug-likeness (QED) is 0.633. The van der Waals surface area contributed by atoms with Gasteiger partial charge in [0.15, 0.2) is 9.84 Å². The number of nitriles is 1. The molecule has 0 spiro atoms. The average molecular weight is 438 g/mol. The van der Waals surface area contributed by atoms with Crippen LogP contribution in [0.3, 0.4) is 0 Å². The first-order valence-electron chi connectivity index (χ1n) is 10.0. The van der Waals surface area contributed by atoms with Gasteiger partial charge in [0.05, 0.1) is 16.7 Å².